The summed E-state index contributed by atoms with van der Waals surface area (Å²) in [6, 6.07) is 10.6. The lowest BCUT2D eigenvalue weighted by Crippen LogP contribution is -2.10. The first-order chi connectivity index (χ1) is 8.20. The third-order valence-corrected chi connectivity index (χ3v) is 2.39. The summed E-state index contributed by atoms with van der Waals surface area (Å²) in [5.41, 5.74) is 13.4. The molecule has 4 N–H and O–H groups in total. The Balaban J connectivity index is 2.29. The van der Waals surface area contributed by atoms with Crippen molar-refractivity contribution in [3.05, 3.63) is 47.7 Å². The number of primary amides is 1. The maximum absolute atomic E-state index is 10.9. The van der Waals surface area contributed by atoms with Crippen molar-refractivity contribution < 1.29 is 4.79 Å². The number of nitrogens with zero attached hydrogens (tertiary/aromatic N) is 2. The summed E-state index contributed by atoms with van der Waals surface area (Å²) in [6.07, 6.45) is 0. The van der Waals surface area contributed by atoms with Gasteiger partial charge in [0, 0.05) is 17.7 Å². The van der Waals surface area contributed by atoms with Crippen molar-refractivity contribution in [2.24, 2.45) is 11.5 Å². The van der Waals surface area contributed by atoms with E-state index in [2.05, 4.69) is 10.2 Å². The number of aromatic nitrogens is 2. The average Bonchev–Trinajstić information content (AvgIpc) is 2.39. The maximum Gasteiger partial charge on any atom is 0.248 e. The van der Waals surface area contributed by atoms with Crippen LogP contribution in [0.25, 0.3) is 11.3 Å². The Hall–Kier alpha value is -2.27. The lowest BCUT2D eigenvalue weighted by atomic mass is 10.1. The monoisotopic (exact) mass is 228 g/mol. The fourth-order valence-corrected chi connectivity index (χ4v) is 1.43. The first-order valence-electron chi connectivity index (χ1n) is 5.13. The Morgan fingerprint density at radius 1 is 1.06 bits per heavy atom. The van der Waals surface area contributed by atoms with Gasteiger partial charge >= 0.3 is 0 Å². The van der Waals surface area contributed by atoms with E-state index in [1.54, 1.807) is 24.3 Å². The fourth-order valence-electron chi connectivity index (χ4n) is 1.43. The maximum atomic E-state index is 10.9. The number of carbonyl (C=O) groups excluding carboxylic acids is 1. The molecule has 0 aliphatic heterocycles. The van der Waals surface area contributed by atoms with E-state index < -0.39 is 5.91 Å². The third-order valence-electron chi connectivity index (χ3n) is 2.39. The molecule has 5 heteroatoms. The van der Waals surface area contributed by atoms with Gasteiger partial charge < -0.3 is 11.5 Å². The van der Waals surface area contributed by atoms with Gasteiger partial charge in [0.25, 0.3) is 0 Å². The van der Waals surface area contributed by atoms with Crippen LogP contribution in [0.1, 0.15) is 16.1 Å². The molecule has 1 aromatic heterocycles. The zero-order chi connectivity index (χ0) is 12.3. The Morgan fingerprint density at radius 2 is 1.76 bits per heavy atom. The van der Waals surface area contributed by atoms with E-state index in [0.29, 0.717) is 12.1 Å². The molecule has 1 amide bonds. The van der Waals surface area contributed by atoms with E-state index in [9.17, 15) is 4.79 Å². The van der Waals surface area contributed by atoms with Crippen molar-refractivity contribution in [3.8, 4) is 11.3 Å². The molecule has 0 spiro atoms. The number of rotatable bonds is 3. The first-order valence-corrected chi connectivity index (χ1v) is 5.13. The third kappa shape index (κ3) is 2.46. The predicted molar refractivity (Wildman–Crippen MR) is 63.9 cm³/mol. The van der Waals surface area contributed by atoms with Crippen LogP contribution in [0.2, 0.25) is 0 Å². The molecule has 0 fully saturated rings. The van der Waals surface area contributed by atoms with Crippen LogP contribution in [-0.2, 0) is 6.54 Å². The van der Waals surface area contributed by atoms with Crippen LogP contribution in [0.15, 0.2) is 36.4 Å². The van der Waals surface area contributed by atoms with Gasteiger partial charge in [-0.1, -0.05) is 12.1 Å². The van der Waals surface area contributed by atoms with Gasteiger partial charge in [-0.15, -0.1) is 0 Å². The van der Waals surface area contributed by atoms with E-state index in [1.807, 2.05) is 12.1 Å². The Labute approximate surface area is 98.5 Å². The molecule has 0 saturated carbocycles. The quantitative estimate of drug-likeness (QED) is 0.808. The molecule has 86 valence electrons. The molecule has 0 unspecified atom stereocenters. The highest BCUT2D eigenvalue weighted by molar-refractivity contribution is 5.93. The minimum absolute atomic E-state index is 0.369. The lowest BCUT2D eigenvalue weighted by molar-refractivity contribution is 0.100. The molecule has 0 bridgehead atoms. The van der Waals surface area contributed by atoms with Gasteiger partial charge in [-0.25, -0.2) is 0 Å². The molecule has 17 heavy (non-hydrogen) atoms. The second-order valence-electron chi connectivity index (χ2n) is 3.56. The minimum Gasteiger partial charge on any atom is -0.366 e. The Bertz CT molecular complexity index is 519. The Morgan fingerprint density at radius 3 is 2.24 bits per heavy atom. The van der Waals surface area contributed by atoms with Gasteiger partial charge in [-0.2, -0.15) is 10.2 Å². The highest BCUT2D eigenvalue weighted by atomic mass is 16.1. The first kappa shape index (κ1) is 11.2. The molecule has 0 aliphatic carbocycles. The summed E-state index contributed by atoms with van der Waals surface area (Å²) < 4.78 is 0. The lowest BCUT2D eigenvalue weighted by Gasteiger charge is -2.01. The highest BCUT2D eigenvalue weighted by Gasteiger charge is 2.03. The summed E-state index contributed by atoms with van der Waals surface area (Å²) in [7, 11) is 0. The summed E-state index contributed by atoms with van der Waals surface area (Å²) in [5, 5.41) is 8.01. The number of hydrogen-bond donors (Lipinski definition) is 2. The Kier molecular flexibility index (Phi) is 3.11. The number of hydrogen-bond acceptors (Lipinski definition) is 4. The summed E-state index contributed by atoms with van der Waals surface area (Å²) in [4.78, 5) is 10.9. The average molecular weight is 228 g/mol. The van der Waals surface area contributed by atoms with Gasteiger partial charge in [0.2, 0.25) is 5.91 Å². The van der Waals surface area contributed by atoms with E-state index >= 15 is 0 Å². The number of benzene rings is 1. The molecule has 0 aliphatic rings. The summed E-state index contributed by atoms with van der Waals surface area (Å²) in [6.45, 7) is 0.369. The van der Waals surface area contributed by atoms with Crippen molar-refractivity contribution in [3.63, 3.8) is 0 Å². The molecule has 2 rings (SSSR count). The predicted octanol–water partition coefficient (Wildman–Crippen LogP) is 0.701. The molecule has 1 aromatic carbocycles. The van der Waals surface area contributed by atoms with Crippen LogP contribution in [0.3, 0.4) is 0 Å². The zero-order valence-electron chi connectivity index (χ0n) is 9.13. The van der Waals surface area contributed by atoms with Crippen LogP contribution >= 0.6 is 0 Å². The van der Waals surface area contributed by atoms with Crippen LogP contribution in [0.4, 0.5) is 0 Å². The van der Waals surface area contributed by atoms with Crippen molar-refractivity contribution in [1.82, 2.24) is 10.2 Å². The van der Waals surface area contributed by atoms with E-state index in [0.717, 1.165) is 17.0 Å². The second-order valence-corrected chi connectivity index (χ2v) is 3.56. The van der Waals surface area contributed by atoms with E-state index in [-0.39, 0.29) is 0 Å². The molecule has 1 heterocycles. The van der Waals surface area contributed by atoms with E-state index in [1.165, 1.54) is 0 Å². The van der Waals surface area contributed by atoms with Gasteiger partial charge in [0.05, 0.1) is 11.4 Å². The molecule has 0 radical (unpaired) electrons. The van der Waals surface area contributed by atoms with Gasteiger partial charge in [0.1, 0.15) is 0 Å². The summed E-state index contributed by atoms with van der Waals surface area (Å²) in [5.74, 6) is -0.443. The van der Waals surface area contributed by atoms with Crippen molar-refractivity contribution >= 4 is 5.91 Å². The van der Waals surface area contributed by atoms with Crippen molar-refractivity contribution in [1.29, 1.82) is 0 Å². The SMILES string of the molecule is NCc1ccc(-c2ccc(C(N)=O)cc2)nn1. The molecule has 0 saturated heterocycles. The van der Waals surface area contributed by atoms with E-state index in [4.69, 9.17) is 11.5 Å². The van der Waals surface area contributed by atoms with Crippen molar-refractivity contribution in [2.45, 2.75) is 6.54 Å². The topological polar surface area (TPSA) is 94.9 Å². The van der Waals surface area contributed by atoms with Gasteiger partial charge in [0.15, 0.2) is 0 Å². The number of carbonyl (C=O) groups is 1. The van der Waals surface area contributed by atoms with Crippen molar-refractivity contribution in [2.75, 3.05) is 0 Å². The number of amides is 1. The number of nitrogens with two attached hydrogens (primary N) is 2. The molecular weight excluding hydrogens is 216 g/mol. The largest absolute Gasteiger partial charge is 0.366 e. The molecule has 5 nitrogen and oxygen atoms in total. The van der Waals surface area contributed by atoms with Crippen LogP contribution in [0.5, 0.6) is 0 Å². The highest BCUT2D eigenvalue weighted by Crippen LogP contribution is 2.16. The normalized spacial score (nSPS) is 10.2. The van der Waals surface area contributed by atoms with Crippen LogP contribution < -0.4 is 11.5 Å². The van der Waals surface area contributed by atoms with Gasteiger partial charge in [-0.3, -0.25) is 4.79 Å². The second kappa shape index (κ2) is 4.71. The smallest absolute Gasteiger partial charge is 0.248 e. The standard InChI is InChI=1S/C12H12N4O/c13-7-10-5-6-11(16-15-10)8-1-3-9(4-2-8)12(14)17/h1-6H,7,13H2,(H2,14,17). The molecular formula is C12H12N4O. The zero-order valence-corrected chi connectivity index (χ0v) is 9.13. The summed E-state index contributed by atoms with van der Waals surface area (Å²) >= 11 is 0. The van der Waals surface area contributed by atoms with Gasteiger partial charge in [-0.05, 0) is 24.3 Å². The molecule has 0 atom stereocenters. The van der Waals surface area contributed by atoms with Crippen LogP contribution in [0, 0.1) is 0 Å². The minimum atomic E-state index is -0.443. The molecule has 2 aromatic rings. The van der Waals surface area contributed by atoms with Crippen LogP contribution in [-0.4, -0.2) is 16.1 Å². The fraction of sp³-hybridized carbons (Fsp3) is 0.0833.